The standard InChI is InChI=1S/C22H30N4O3.C18H21N5O.C10H11N3.C6H6BrN/c1-22(2,3)29-21(28)26-11-10-19(15-26)25(5)20(27)12-16-6-8-17(9-7-16)18-13-23-24(4)14-18;1-21-11-16(10-20-21)15-5-3-14(4-6-15)9-18(24)22(2)17-7-8-23(12-17)13-19;1-13-7-9(6-12-13)8-2-4-10(11)5-3-8;7-5-1-3-6(8)4-2-5/h6-9,13-14,19H,10-12,15H2,1-5H3;3-6,10-11,17H,7-9,12H2,1-2H3;2-7H,11H2,1H3;1-4H,8H2/t19-;17-;;/m11../s1. The summed E-state index contributed by atoms with van der Waals surface area (Å²) in [4.78, 5) is 44.4. The molecule has 0 bridgehead atoms. The molecule has 0 saturated carbocycles. The van der Waals surface area contributed by atoms with Crippen LogP contribution in [0.2, 0.25) is 0 Å². The van der Waals surface area contributed by atoms with Crippen LogP contribution in [-0.4, -0.2) is 125 Å². The van der Waals surface area contributed by atoms with E-state index < -0.39 is 5.60 Å². The largest absolute Gasteiger partial charge is 0.444 e. The second-order valence-corrected chi connectivity index (χ2v) is 20.4. The third-order valence-electron chi connectivity index (χ3n) is 12.5. The Labute approximate surface area is 443 Å². The Bertz CT molecular complexity index is 2930. The molecule has 0 unspecified atom stereocenters. The summed E-state index contributed by atoms with van der Waals surface area (Å²) in [5.41, 5.74) is 20.6. The van der Waals surface area contributed by atoms with Crippen molar-refractivity contribution in [1.29, 1.82) is 5.26 Å². The molecule has 2 aliphatic heterocycles. The van der Waals surface area contributed by atoms with Crippen molar-refractivity contribution in [1.82, 2.24) is 48.9 Å². The molecule has 0 aliphatic carbocycles. The lowest BCUT2D eigenvalue weighted by atomic mass is 10.0. The molecule has 0 radical (unpaired) electrons. The van der Waals surface area contributed by atoms with Crippen molar-refractivity contribution >= 4 is 45.2 Å². The number of nitrogens with two attached hydrogens (primary N) is 2. The Hall–Kier alpha value is -7.91. The van der Waals surface area contributed by atoms with Crippen molar-refractivity contribution in [2.24, 2.45) is 21.1 Å². The topological polar surface area (TPSA) is 203 Å². The molecule has 3 aromatic heterocycles. The van der Waals surface area contributed by atoms with Crippen LogP contribution in [0.4, 0.5) is 16.2 Å². The molecule has 17 nitrogen and oxygen atoms in total. The minimum atomic E-state index is -0.515. The van der Waals surface area contributed by atoms with Gasteiger partial charge in [-0.1, -0.05) is 76.6 Å². The van der Waals surface area contributed by atoms with Crippen molar-refractivity contribution in [2.45, 2.75) is 64.1 Å². The number of carbonyl (C=O) groups excluding carboxylic acids is 3. The maximum Gasteiger partial charge on any atom is 0.410 e. The lowest BCUT2D eigenvalue weighted by molar-refractivity contribution is -0.131. The van der Waals surface area contributed by atoms with Gasteiger partial charge in [0.1, 0.15) is 5.60 Å². The fourth-order valence-corrected chi connectivity index (χ4v) is 8.45. The number of likely N-dealkylation sites (tertiary alicyclic amines) is 2. The van der Waals surface area contributed by atoms with Crippen LogP contribution in [0.3, 0.4) is 0 Å². The predicted octanol–water partition coefficient (Wildman–Crippen LogP) is 8.44. The normalized spacial score (nSPS) is 14.8. The van der Waals surface area contributed by atoms with Gasteiger partial charge < -0.3 is 35.8 Å². The lowest BCUT2D eigenvalue weighted by Gasteiger charge is -2.27. The van der Waals surface area contributed by atoms with Crippen LogP contribution in [0, 0.1) is 11.5 Å². The number of likely N-dealkylation sites (N-methyl/N-ethyl adjacent to an activating group) is 2. The lowest BCUT2D eigenvalue weighted by Crippen LogP contribution is -2.41. The summed E-state index contributed by atoms with van der Waals surface area (Å²) >= 11 is 3.29. The number of nitriles is 1. The second-order valence-electron chi connectivity index (χ2n) is 19.5. The van der Waals surface area contributed by atoms with E-state index in [2.05, 4.69) is 37.4 Å². The Kier molecular flexibility index (Phi) is 19.2. The molecule has 9 rings (SSSR count). The number of rotatable bonds is 9. The van der Waals surface area contributed by atoms with E-state index in [1.807, 2.05) is 190 Å². The van der Waals surface area contributed by atoms with Gasteiger partial charge in [0.2, 0.25) is 11.8 Å². The first-order valence-electron chi connectivity index (χ1n) is 24.4. The number of nitrogen functional groups attached to an aromatic ring is 2. The van der Waals surface area contributed by atoms with E-state index in [4.69, 9.17) is 21.5 Å². The first kappa shape index (κ1) is 55.4. The van der Waals surface area contributed by atoms with Crippen LogP contribution in [-0.2, 0) is 48.3 Å². The SMILES string of the molecule is CN(C(=O)Cc1ccc(-c2cnn(C)c2)cc1)[C@@H]1CCN(C#N)C1.CN(C(=O)Cc1ccc(-c2cnn(C)c2)cc1)[C@@H]1CCN(C(=O)OC(C)(C)C)C1.Cn1cc(-c2ccc(N)cc2)cn1.Nc1ccc(Br)cc1. The summed E-state index contributed by atoms with van der Waals surface area (Å²) in [5.74, 6) is 0.143. The predicted molar refractivity (Wildman–Crippen MR) is 294 cm³/mol. The Morgan fingerprint density at radius 2 is 1.00 bits per heavy atom. The molecule has 388 valence electrons. The number of carbonyl (C=O) groups is 3. The average molecular weight is 1070 g/mol. The summed E-state index contributed by atoms with van der Waals surface area (Å²) in [6, 6.07) is 31.5. The van der Waals surface area contributed by atoms with Crippen molar-refractivity contribution in [3.63, 3.8) is 0 Å². The zero-order valence-electron chi connectivity index (χ0n) is 43.6. The summed E-state index contributed by atoms with van der Waals surface area (Å²) in [6.45, 7) is 8.06. The maximum absolute atomic E-state index is 12.7. The number of hydrogen-bond donors (Lipinski definition) is 2. The van der Waals surface area contributed by atoms with E-state index in [9.17, 15) is 14.4 Å². The molecule has 2 atom stereocenters. The molecule has 4 aromatic carbocycles. The zero-order valence-corrected chi connectivity index (χ0v) is 45.2. The van der Waals surface area contributed by atoms with Crippen LogP contribution < -0.4 is 11.5 Å². The first-order chi connectivity index (χ1) is 35.2. The molecule has 5 heterocycles. The molecule has 18 heteroatoms. The van der Waals surface area contributed by atoms with Gasteiger partial charge in [-0.3, -0.25) is 23.6 Å². The van der Waals surface area contributed by atoms with Gasteiger partial charge in [0.05, 0.1) is 43.5 Å². The van der Waals surface area contributed by atoms with Gasteiger partial charge in [-0.15, -0.1) is 0 Å². The summed E-state index contributed by atoms with van der Waals surface area (Å²) in [5, 5.41) is 21.4. The van der Waals surface area contributed by atoms with E-state index in [0.717, 1.165) is 79.7 Å². The van der Waals surface area contributed by atoms with Crippen LogP contribution >= 0.6 is 15.9 Å². The second kappa shape index (κ2) is 25.7. The molecule has 7 aromatic rings. The Balaban J connectivity index is 0.000000176. The third kappa shape index (κ3) is 16.6. The van der Waals surface area contributed by atoms with Gasteiger partial charge in [0.25, 0.3) is 0 Å². The molecular weight excluding hydrogens is 999 g/mol. The monoisotopic (exact) mass is 1070 g/mol. The van der Waals surface area contributed by atoms with Crippen molar-refractivity contribution in [2.75, 3.05) is 51.7 Å². The average Bonchev–Trinajstić information content (AvgIpc) is 4.25. The highest BCUT2D eigenvalue weighted by Gasteiger charge is 2.33. The van der Waals surface area contributed by atoms with E-state index in [1.54, 1.807) is 33.6 Å². The quantitative estimate of drug-likeness (QED) is 0.104. The van der Waals surface area contributed by atoms with Crippen molar-refractivity contribution in [3.8, 4) is 39.6 Å². The number of benzene rings is 4. The number of hydrogen-bond acceptors (Lipinski definition) is 11. The molecule has 2 saturated heterocycles. The highest BCUT2D eigenvalue weighted by molar-refractivity contribution is 9.10. The summed E-state index contributed by atoms with van der Waals surface area (Å²) in [7, 11) is 9.33. The fourth-order valence-electron chi connectivity index (χ4n) is 8.18. The molecule has 74 heavy (non-hydrogen) atoms. The van der Waals surface area contributed by atoms with Crippen LogP contribution in [0.15, 0.2) is 139 Å². The van der Waals surface area contributed by atoms with Gasteiger partial charge >= 0.3 is 6.09 Å². The Morgan fingerprint density at radius 1 is 0.622 bits per heavy atom. The molecule has 2 aliphatic rings. The number of anilines is 2. The Morgan fingerprint density at radius 3 is 1.35 bits per heavy atom. The van der Waals surface area contributed by atoms with Crippen molar-refractivity contribution < 1.29 is 19.1 Å². The van der Waals surface area contributed by atoms with E-state index in [-0.39, 0.29) is 30.0 Å². The molecule has 3 amide bonds. The van der Waals surface area contributed by atoms with Crippen LogP contribution in [0.5, 0.6) is 0 Å². The maximum atomic E-state index is 12.7. The van der Waals surface area contributed by atoms with Crippen LogP contribution in [0.25, 0.3) is 33.4 Å². The van der Waals surface area contributed by atoms with Crippen molar-refractivity contribution in [3.05, 3.63) is 150 Å². The van der Waals surface area contributed by atoms with E-state index in [1.165, 1.54) is 0 Å². The molecule has 2 fully saturated rings. The summed E-state index contributed by atoms with van der Waals surface area (Å²) in [6.07, 6.45) is 15.6. The first-order valence-corrected chi connectivity index (χ1v) is 25.2. The van der Waals surface area contributed by atoms with E-state index >= 15 is 0 Å². The molecule has 0 spiro atoms. The zero-order chi connectivity index (χ0) is 53.5. The minimum absolute atomic E-state index is 0.0182. The summed E-state index contributed by atoms with van der Waals surface area (Å²) < 4.78 is 11.8. The number of amides is 3. The minimum Gasteiger partial charge on any atom is -0.444 e. The van der Waals surface area contributed by atoms with E-state index in [0.29, 0.717) is 32.5 Å². The molecule has 4 N–H and O–H groups in total. The van der Waals surface area contributed by atoms with Gasteiger partial charge in [-0.2, -0.15) is 20.6 Å². The number of ether oxygens (including phenoxy) is 1. The third-order valence-corrected chi connectivity index (χ3v) is 13.0. The highest BCUT2D eigenvalue weighted by Crippen LogP contribution is 2.24. The fraction of sp³-hybridized carbons (Fsp3) is 0.339. The smallest absolute Gasteiger partial charge is 0.410 e. The number of aryl methyl sites for hydroxylation is 3. The van der Waals surface area contributed by atoms with Crippen LogP contribution in [0.1, 0.15) is 44.7 Å². The number of aromatic nitrogens is 6. The highest BCUT2D eigenvalue weighted by atomic mass is 79.9. The van der Waals surface area contributed by atoms with Gasteiger partial charge in [0.15, 0.2) is 6.19 Å². The van der Waals surface area contributed by atoms with Gasteiger partial charge in [-0.25, -0.2) is 4.79 Å². The van der Waals surface area contributed by atoms with Gasteiger partial charge in [-0.05, 0) is 97.8 Å². The number of halogens is 1. The molecular formula is C56H68BrN13O4. The van der Waals surface area contributed by atoms with Gasteiger partial charge in [0, 0.05) is 113 Å². The number of nitrogens with zero attached hydrogens (tertiary/aromatic N) is 11.